The summed E-state index contributed by atoms with van der Waals surface area (Å²) in [5.74, 6) is 0.118. The number of H-pyrrole nitrogens is 1. The van der Waals surface area contributed by atoms with Gasteiger partial charge >= 0.3 is 7.75 Å². The molecule has 2 saturated heterocycles. The van der Waals surface area contributed by atoms with E-state index >= 15 is 0 Å². The molecule has 2 aliphatic heterocycles. The Morgan fingerprint density at radius 2 is 1.85 bits per heavy atom. The van der Waals surface area contributed by atoms with Crippen molar-refractivity contribution in [2.45, 2.75) is 56.1 Å². The number of rotatable bonds is 12. The molecule has 47 heavy (non-hydrogen) atoms. The minimum absolute atomic E-state index is 0.0694. The normalized spacial score (nSPS) is 26.0. The molecule has 250 valence electrons. The molecule has 5 aromatic heterocycles. The van der Waals surface area contributed by atoms with E-state index in [1.165, 1.54) is 23.5 Å². The number of fused-ring (bicyclic) bond motifs is 2. The number of nitrogens with zero attached hydrogens (tertiary/aromatic N) is 7. The Balaban J connectivity index is 1.07. The highest BCUT2D eigenvalue weighted by Crippen LogP contribution is 2.49. The van der Waals surface area contributed by atoms with Crippen LogP contribution in [0.15, 0.2) is 41.3 Å². The summed E-state index contributed by atoms with van der Waals surface area (Å²) in [4.78, 5) is 36.4. The Hall–Kier alpha value is -3.85. The van der Waals surface area contributed by atoms with Crippen molar-refractivity contribution in [3.05, 3.63) is 51.7 Å². The minimum atomic E-state index is -4.10. The van der Waals surface area contributed by atoms with Gasteiger partial charge in [-0.1, -0.05) is 6.07 Å². The highest BCUT2D eigenvalue weighted by atomic mass is 32.1. The molecule has 0 aliphatic carbocycles. The van der Waals surface area contributed by atoms with E-state index in [2.05, 4.69) is 35.0 Å². The van der Waals surface area contributed by atoms with Gasteiger partial charge in [0.05, 0.1) is 32.0 Å². The maximum Gasteiger partial charge on any atom is 0.405 e. The van der Waals surface area contributed by atoms with Crippen LogP contribution in [-0.4, -0.2) is 93.4 Å². The first-order chi connectivity index (χ1) is 22.7. The average molecular weight is 690 g/mol. The Labute approximate surface area is 269 Å². The number of nitrogens with one attached hydrogen (secondary N) is 2. The van der Waals surface area contributed by atoms with Gasteiger partial charge < -0.3 is 31.2 Å². The monoisotopic (exact) mass is 689 g/mol. The molecule has 3 unspecified atom stereocenters. The van der Waals surface area contributed by atoms with Gasteiger partial charge in [0.1, 0.15) is 42.6 Å². The number of aromatic amines is 1. The number of hydrogen-bond donors (Lipinski definition) is 6. The summed E-state index contributed by atoms with van der Waals surface area (Å²) in [7, 11) is -4.10. The van der Waals surface area contributed by atoms with Gasteiger partial charge in [-0.25, -0.2) is 29.6 Å². The molecule has 19 nitrogen and oxygen atoms in total. The first kappa shape index (κ1) is 31.7. The predicted octanol–water partition coefficient (Wildman–Crippen LogP) is 0.456. The number of aromatic nitrogens is 8. The van der Waals surface area contributed by atoms with Gasteiger partial charge in [-0.05, 0) is 17.9 Å². The SMILES string of the molecule is Nc1nc2c(ncn2[C@H]2CC(O)[C@@H](COP(=O)(NCCc3cccs3)OC3C[C@H](n4cnc5c(N)ncnc54)O[C@@H]3CO)O2)c(=O)[nH]1. The van der Waals surface area contributed by atoms with Crippen LogP contribution < -0.4 is 22.1 Å². The van der Waals surface area contributed by atoms with Crippen LogP contribution in [-0.2, 0) is 29.5 Å². The van der Waals surface area contributed by atoms with Crippen molar-refractivity contribution in [2.75, 3.05) is 31.2 Å². The molecule has 5 aromatic rings. The number of nitrogens with two attached hydrogens (primary N) is 2. The first-order valence-corrected chi connectivity index (χ1v) is 17.1. The largest absolute Gasteiger partial charge is 0.405 e. The zero-order valence-corrected chi connectivity index (χ0v) is 26.4. The summed E-state index contributed by atoms with van der Waals surface area (Å²) in [5, 5.41) is 25.9. The minimum Gasteiger partial charge on any atom is -0.394 e. The molecule has 2 fully saturated rings. The smallest absolute Gasteiger partial charge is 0.394 e. The number of ether oxygens (including phenoxy) is 2. The number of imidazole rings is 2. The van der Waals surface area contributed by atoms with Crippen LogP contribution >= 0.6 is 19.1 Å². The molecule has 7 atom stereocenters. The molecule has 2 aliphatic rings. The summed E-state index contributed by atoms with van der Waals surface area (Å²) in [5.41, 5.74) is 12.2. The third-order valence-corrected chi connectivity index (χ3v) is 10.5. The Bertz CT molecular complexity index is 1970. The van der Waals surface area contributed by atoms with Gasteiger partial charge in [0.25, 0.3) is 5.56 Å². The lowest BCUT2D eigenvalue weighted by molar-refractivity contribution is -0.0508. The lowest BCUT2D eigenvalue weighted by atomic mass is 10.2. The molecule has 7 heterocycles. The maximum absolute atomic E-state index is 14.3. The Morgan fingerprint density at radius 1 is 1.09 bits per heavy atom. The summed E-state index contributed by atoms with van der Waals surface area (Å²) >= 11 is 1.56. The van der Waals surface area contributed by atoms with Crippen LogP contribution in [0.3, 0.4) is 0 Å². The van der Waals surface area contributed by atoms with Crippen molar-refractivity contribution in [2.24, 2.45) is 0 Å². The van der Waals surface area contributed by atoms with Crippen molar-refractivity contribution >= 4 is 53.2 Å². The second-order valence-corrected chi connectivity index (χ2v) is 13.8. The summed E-state index contributed by atoms with van der Waals surface area (Å²) < 4.78 is 41.5. The lowest BCUT2D eigenvalue weighted by Crippen LogP contribution is -2.32. The van der Waals surface area contributed by atoms with Crippen LogP contribution in [0.1, 0.15) is 30.2 Å². The van der Waals surface area contributed by atoms with Crippen LogP contribution in [0, 0.1) is 0 Å². The van der Waals surface area contributed by atoms with Crippen molar-refractivity contribution in [3.8, 4) is 0 Å². The molecule has 0 radical (unpaired) electrons. The number of anilines is 2. The molecule has 21 heteroatoms. The summed E-state index contributed by atoms with van der Waals surface area (Å²) in [6.45, 7) is -0.486. The second kappa shape index (κ2) is 13.0. The van der Waals surface area contributed by atoms with Crippen LogP contribution in [0.25, 0.3) is 22.3 Å². The number of aliphatic hydroxyl groups is 2. The fourth-order valence-corrected chi connectivity index (χ4v) is 7.89. The first-order valence-electron chi connectivity index (χ1n) is 14.7. The molecule has 0 saturated carbocycles. The van der Waals surface area contributed by atoms with Gasteiger partial charge in [-0.15, -0.1) is 11.3 Å². The highest BCUT2D eigenvalue weighted by Gasteiger charge is 2.44. The van der Waals surface area contributed by atoms with Crippen molar-refractivity contribution in [3.63, 3.8) is 0 Å². The van der Waals surface area contributed by atoms with E-state index in [9.17, 15) is 19.6 Å². The Morgan fingerprint density at radius 3 is 2.64 bits per heavy atom. The van der Waals surface area contributed by atoms with Gasteiger partial charge in [-0.3, -0.25) is 28.0 Å². The third-order valence-electron chi connectivity index (χ3n) is 7.96. The maximum atomic E-state index is 14.3. The van der Waals surface area contributed by atoms with Gasteiger partial charge in [0.2, 0.25) is 5.95 Å². The highest BCUT2D eigenvalue weighted by molar-refractivity contribution is 7.51. The van der Waals surface area contributed by atoms with Crippen LogP contribution in [0.4, 0.5) is 11.8 Å². The van der Waals surface area contributed by atoms with Crippen molar-refractivity contribution in [1.29, 1.82) is 0 Å². The molecule has 0 aromatic carbocycles. The van der Waals surface area contributed by atoms with E-state index < -0.39 is 56.8 Å². The molecular weight excluding hydrogens is 657 g/mol. The van der Waals surface area contributed by atoms with Crippen LogP contribution in [0.2, 0.25) is 0 Å². The molecular formula is C26H32N11O8PS. The molecule has 0 amide bonds. The van der Waals surface area contributed by atoms with Crippen molar-refractivity contribution < 1.29 is 33.3 Å². The van der Waals surface area contributed by atoms with Gasteiger partial charge in [0.15, 0.2) is 22.6 Å². The molecule has 8 N–H and O–H groups in total. The molecule has 0 bridgehead atoms. The van der Waals surface area contributed by atoms with Crippen LogP contribution in [0.5, 0.6) is 0 Å². The molecule has 7 rings (SSSR count). The van der Waals surface area contributed by atoms with Crippen molar-refractivity contribution in [1.82, 2.24) is 44.1 Å². The van der Waals surface area contributed by atoms with Gasteiger partial charge in [0, 0.05) is 24.3 Å². The predicted molar refractivity (Wildman–Crippen MR) is 167 cm³/mol. The quantitative estimate of drug-likeness (QED) is 0.0971. The third kappa shape index (κ3) is 6.39. The fourth-order valence-electron chi connectivity index (χ4n) is 5.65. The van der Waals surface area contributed by atoms with E-state index in [1.54, 1.807) is 15.9 Å². The standard InChI is InChI=1S/C26H32N11O8PS/c27-22-20-23(30-10-29-22)36(11-31-20)19-7-15(16(8-38)43-19)45-46(41,33-4-3-13-2-1-5-47-13)42-9-17-14(39)6-18(44-17)37-12-32-21-24(37)34-26(28)35-25(21)40/h1-2,5,10-12,14-19,38-39H,3-4,6-9H2,(H,33,41)(H2,27,29,30)(H3,28,34,35,40)/t14?,15?,16-,17-,18-,19-,46?/m1/s1. The lowest BCUT2D eigenvalue weighted by Gasteiger charge is -2.26. The summed E-state index contributed by atoms with van der Waals surface area (Å²) in [6.07, 6.45) is -0.0548. The van der Waals surface area contributed by atoms with E-state index in [0.717, 1.165) is 4.88 Å². The zero-order chi connectivity index (χ0) is 32.7. The van der Waals surface area contributed by atoms with Gasteiger partial charge in [-0.2, -0.15) is 4.98 Å². The zero-order valence-electron chi connectivity index (χ0n) is 24.7. The van der Waals surface area contributed by atoms with E-state index in [4.69, 9.17) is 30.0 Å². The number of aliphatic hydroxyl groups excluding tert-OH is 2. The Kier molecular flexibility index (Phi) is 8.76. The van der Waals surface area contributed by atoms with E-state index in [1.807, 2.05) is 17.5 Å². The number of nitrogen functional groups attached to an aromatic ring is 2. The second-order valence-electron chi connectivity index (χ2n) is 11.0. The fraction of sp³-hybridized carbons (Fsp3) is 0.462. The van der Waals surface area contributed by atoms with E-state index in [-0.39, 0.29) is 48.9 Å². The topological polar surface area (TPSA) is 266 Å². The number of hydrogen-bond acceptors (Lipinski definition) is 16. The number of thiophene rings is 1. The summed E-state index contributed by atoms with van der Waals surface area (Å²) in [6, 6.07) is 3.88. The average Bonchev–Trinajstić information content (AvgIpc) is 3.87. The van der Waals surface area contributed by atoms with E-state index in [0.29, 0.717) is 17.6 Å². The molecule has 0 spiro atoms.